The van der Waals surface area contributed by atoms with Crippen molar-refractivity contribution in [2.24, 2.45) is 0 Å². The Labute approximate surface area is 94.6 Å². The zero-order valence-electron chi connectivity index (χ0n) is 9.19. The Bertz CT molecular complexity index is 459. The monoisotopic (exact) mass is 215 g/mol. The summed E-state index contributed by atoms with van der Waals surface area (Å²) in [5.74, 6) is 0.777. The van der Waals surface area contributed by atoms with E-state index in [4.69, 9.17) is 10.00 Å². The van der Waals surface area contributed by atoms with Crippen LogP contribution >= 0.6 is 0 Å². The minimum absolute atomic E-state index is 0.177. The topological polar surface area (TPSA) is 50.1 Å². The number of Topliss-reactive ketones (excluding diaryl/α,β-unsaturated/α-hetero) is 1. The fourth-order valence-corrected chi connectivity index (χ4v) is 1.91. The van der Waals surface area contributed by atoms with Crippen LogP contribution in [-0.4, -0.2) is 11.9 Å². The minimum Gasteiger partial charge on any atom is -0.476 e. The normalized spacial score (nSPS) is 16.1. The summed E-state index contributed by atoms with van der Waals surface area (Å²) in [6.45, 7) is 1.68. The molecule has 16 heavy (non-hydrogen) atoms. The fraction of sp³-hybridized carbons (Fsp3) is 0.385. The van der Waals surface area contributed by atoms with E-state index in [1.165, 1.54) is 0 Å². The van der Waals surface area contributed by atoms with Gasteiger partial charge in [0.15, 0.2) is 11.9 Å². The van der Waals surface area contributed by atoms with Crippen LogP contribution in [0.1, 0.15) is 35.7 Å². The predicted octanol–water partition coefficient (Wildman–Crippen LogP) is 2.50. The predicted molar refractivity (Wildman–Crippen MR) is 59.4 cm³/mol. The van der Waals surface area contributed by atoms with Crippen molar-refractivity contribution in [2.75, 3.05) is 0 Å². The molecule has 0 amide bonds. The van der Waals surface area contributed by atoms with Crippen molar-refractivity contribution >= 4 is 5.78 Å². The molecule has 0 aliphatic heterocycles. The van der Waals surface area contributed by atoms with E-state index < -0.39 is 6.10 Å². The van der Waals surface area contributed by atoms with E-state index in [2.05, 4.69) is 0 Å². The molecule has 3 nitrogen and oxygen atoms in total. The number of hydrogen-bond donors (Lipinski definition) is 0. The standard InChI is InChI=1S/C13H13NO2/c1-9(8-14)16-11-6-5-10-3-2-4-13(15)12(10)7-11/h5-7,9H,2-4H2,1H3. The molecule has 1 aromatic rings. The molecule has 1 aliphatic rings. The number of rotatable bonds is 2. The first kappa shape index (κ1) is 10.7. The number of hydrogen-bond acceptors (Lipinski definition) is 3. The first-order chi connectivity index (χ1) is 7.70. The molecular formula is C13H13NO2. The molecule has 0 aromatic heterocycles. The first-order valence-corrected chi connectivity index (χ1v) is 5.43. The number of nitrogens with zero attached hydrogens (tertiary/aromatic N) is 1. The maximum atomic E-state index is 11.7. The van der Waals surface area contributed by atoms with Gasteiger partial charge in [-0.05, 0) is 37.5 Å². The fourth-order valence-electron chi connectivity index (χ4n) is 1.91. The van der Waals surface area contributed by atoms with Crippen molar-refractivity contribution in [2.45, 2.75) is 32.3 Å². The first-order valence-electron chi connectivity index (χ1n) is 5.43. The zero-order valence-corrected chi connectivity index (χ0v) is 9.19. The smallest absolute Gasteiger partial charge is 0.181 e. The Kier molecular flexibility index (Phi) is 2.91. The molecule has 3 heteroatoms. The molecule has 0 bridgehead atoms. The van der Waals surface area contributed by atoms with Gasteiger partial charge in [-0.15, -0.1) is 0 Å². The molecule has 1 aromatic carbocycles. The van der Waals surface area contributed by atoms with E-state index in [9.17, 15) is 4.79 Å². The molecule has 0 saturated heterocycles. The highest BCUT2D eigenvalue weighted by molar-refractivity contribution is 5.98. The third-order valence-electron chi connectivity index (χ3n) is 2.73. The van der Waals surface area contributed by atoms with Gasteiger partial charge >= 0.3 is 0 Å². The largest absolute Gasteiger partial charge is 0.476 e. The number of carbonyl (C=O) groups is 1. The Hall–Kier alpha value is -1.82. The molecule has 1 unspecified atom stereocenters. The van der Waals surface area contributed by atoms with Crippen LogP contribution in [0.3, 0.4) is 0 Å². The Morgan fingerprint density at radius 1 is 1.44 bits per heavy atom. The van der Waals surface area contributed by atoms with Crippen molar-refractivity contribution in [1.29, 1.82) is 5.26 Å². The van der Waals surface area contributed by atoms with Crippen LogP contribution in [0, 0.1) is 11.3 Å². The van der Waals surface area contributed by atoms with Gasteiger partial charge < -0.3 is 4.74 Å². The molecular weight excluding hydrogens is 202 g/mol. The van der Waals surface area contributed by atoms with Crippen molar-refractivity contribution in [3.05, 3.63) is 29.3 Å². The molecule has 0 fully saturated rings. The second-order valence-electron chi connectivity index (χ2n) is 3.98. The van der Waals surface area contributed by atoms with E-state index in [0.717, 1.165) is 24.0 Å². The molecule has 2 rings (SSSR count). The average Bonchev–Trinajstić information content (AvgIpc) is 2.30. The van der Waals surface area contributed by atoms with Gasteiger partial charge in [-0.25, -0.2) is 0 Å². The van der Waals surface area contributed by atoms with Crippen LogP contribution < -0.4 is 4.74 Å². The molecule has 0 N–H and O–H groups in total. The van der Waals surface area contributed by atoms with Gasteiger partial charge in [0.05, 0.1) is 0 Å². The lowest BCUT2D eigenvalue weighted by atomic mass is 9.90. The Morgan fingerprint density at radius 2 is 2.25 bits per heavy atom. The average molecular weight is 215 g/mol. The van der Waals surface area contributed by atoms with Gasteiger partial charge in [0.25, 0.3) is 0 Å². The molecule has 0 saturated carbocycles. The Morgan fingerprint density at radius 3 is 3.00 bits per heavy atom. The van der Waals surface area contributed by atoms with Crippen LogP contribution in [0.25, 0.3) is 0 Å². The van der Waals surface area contributed by atoms with E-state index in [-0.39, 0.29) is 5.78 Å². The van der Waals surface area contributed by atoms with E-state index in [0.29, 0.717) is 12.2 Å². The lowest BCUT2D eigenvalue weighted by Gasteiger charge is -2.16. The number of aryl methyl sites for hydroxylation is 1. The molecule has 0 heterocycles. The van der Waals surface area contributed by atoms with Crippen LogP contribution in [0.15, 0.2) is 18.2 Å². The summed E-state index contributed by atoms with van der Waals surface area (Å²) in [5, 5.41) is 8.64. The lowest BCUT2D eigenvalue weighted by Crippen LogP contribution is -2.13. The third-order valence-corrected chi connectivity index (χ3v) is 2.73. The number of benzene rings is 1. The van der Waals surface area contributed by atoms with Crippen molar-refractivity contribution in [3.8, 4) is 11.8 Å². The second-order valence-corrected chi connectivity index (χ2v) is 3.98. The summed E-state index contributed by atoms with van der Waals surface area (Å²) in [6, 6.07) is 7.50. The lowest BCUT2D eigenvalue weighted by molar-refractivity contribution is 0.0972. The second kappa shape index (κ2) is 4.36. The summed E-state index contributed by atoms with van der Waals surface area (Å²) in [7, 11) is 0. The van der Waals surface area contributed by atoms with Gasteiger partial charge in [0.1, 0.15) is 11.8 Å². The minimum atomic E-state index is -0.489. The number of nitriles is 1. The number of carbonyl (C=O) groups excluding carboxylic acids is 1. The summed E-state index contributed by atoms with van der Waals surface area (Å²) in [6.07, 6.45) is 2.01. The van der Waals surface area contributed by atoms with E-state index >= 15 is 0 Å². The van der Waals surface area contributed by atoms with Gasteiger partial charge in [-0.3, -0.25) is 4.79 Å². The summed E-state index contributed by atoms with van der Waals surface area (Å²) < 4.78 is 5.36. The number of ketones is 1. The van der Waals surface area contributed by atoms with Crippen LogP contribution in [0.5, 0.6) is 5.75 Å². The van der Waals surface area contributed by atoms with Crippen molar-refractivity contribution in [3.63, 3.8) is 0 Å². The molecule has 0 spiro atoms. The highest BCUT2D eigenvalue weighted by Crippen LogP contribution is 2.25. The van der Waals surface area contributed by atoms with Crippen molar-refractivity contribution < 1.29 is 9.53 Å². The van der Waals surface area contributed by atoms with Crippen LogP contribution in [0.4, 0.5) is 0 Å². The number of ether oxygens (including phenoxy) is 1. The van der Waals surface area contributed by atoms with E-state index in [1.54, 1.807) is 13.0 Å². The molecule has 0 radical (unpaired) electrons. The summed E-state index contributed by atoms with van der Waals surface area (Å²) in [4.78, 5) is 11.7. The van der Waals surface area contributed by atoms with Gasteiger partial charge in [0.2, 0.25) is 0 Å². The molecule has 1 aliphatic carbocycles. The van der Waals surface area contributed by atoms with Gasteiger partial charge in [-0.1, -0.05) is 6.07 Å². The quantitative estimate of drug-likeness (QED) is 0.761. The Balaban J connectivity index is 2.28. The highest BCUT2D eigenvalue weighted by atomic mass is 16.5. The highest BCUT2D eigenvalue weighted by Gasteiger charge is 2.17. The molecule has 1 atom stereocenters. The SMILES string of the molecule is CC(C#N)Oc1ccc2c(c1)C(=O)CCC2. The maximum absolute atomic E-state index is 11.7. The third kappa shape index (κ3) is 2.06. The summed E-state index contributed by atoms with van der Waals surface area (Å²) >= 11 is 0. The van der Waals surface area contributed by atoms with Crippen LogP contribution in [-0.2, 0) is 6.42 Å². The maximum Gasteiger partial charge on any atom is 0.181 e. The van der Waals surface area contributed by atoms with Crippen molar-refractivity contribution in [1.82, 2.24) is 0 Å². The molecule has 82 valence electrons. The van der Waals surface area contributed by atoms with E-state index in [1.807, 2.05) is 18.2 Å². The van der Waals surface area contributed by atoms with Gasteiger partial charge in [0, 0.05) is 12.0 Å². The summed E-state index contributed by atoms with van der Waals surface area (Å²) in [5.41, 5.74) is 1.85. The van der Waals surface area contributed by atoms with Crippen LogP contribution in [0.2, 0.25) is 0 Å². The number of fused-ring (bicyclic) bond motifs is 1. The zero-order chi connectivity index (χ0) is 11.5. The van der Waals surface area contributed by atoms with Gasteiger partial charge in [-0.2, -0.15) is 5.26 Å².